The number of fused-ring (bicyclic) bond motifs is 1. The van der Waals surface area contributed by atoms with E-state index >= 15 is 0 Å². The van der Waals surface area contributed by atoms with E-state index in [4.69, 9.17) is 0 Å². The molecule has 18 heavy (non-hydrogen) atoms. The second kappa shape index (κ2) is 4.38. The van der Waals surface area contributed by atoms with Gasteiger partial charge in [0, 0.05) is 15.4 Å². The molecule has 0 aliphatic heterocycles. The number of nitrogens with zero attached hydrogens (tertiary/aromatic N) is 2. The third-order valence-corrected chi connectivity index (χ3v) is 3.52. The van der Waals surface area contributed by atoms with Crippen molar-refractivity contribution in [3.05, 3.63) is 58.7 Å². The van der Waals surface area contributed by atoms with Crippen molar-refractivity contribution in [1.82, 2.24) is 9.78 Å². The Bertz CT molecular complexity index is 733. The minimum atomic E-state index is 0.634. The van der Waals surface area contributed by atoms with Crippen LogP contribution in [-0.4, -0.2) is 16.1 Å². The van der Waals surface area contributed by atoms with Gasteiger partial charge in [-0.15, -0.1) is 0 Å². The summed E-state index contributed by atoms with van der Waals surface area (Å²) in [7, 11) is 0. The second-order valence-corrected chi connectivity index (χ2v) is 4.79. The Balaban J connectivity index is 2.20. The number of carbonyl (C=O) groups excluding carboxylic acids is 1. The van der Waals surface area contributed by atoms with E-state index in [2.05, 4.69) is 21.0 Å². The molecule has 0 saturated heterocycles. The van der Waals surface area contributed by atoms with Gasteiger partial charge in [0.05, 0.1) is 17.4 Å². The van der Waals surface area contributed by atoms with Crippen molar-refractivity contribution in [3.8, 4) is 5.69 Å². The van der Waals surface area contributed by atoms with Gasteiger partial charge in [-0.1, -0.05) is 18.2 Å². The number of halogens is 1. The summed E-state index contributed by atoms with van der Waals surface area (Å²) in [6.45, 7) is 0. The SMILES string of the molecule is O=Cc1ccc(-n2ncc3ccccc32)cc1Br. The molecule has 3 rings (SSSR count). The maximum atomic E-state index is 10.8. The number of aldehydes is 1. The van der Waals surface area contributed by atoms with Gasteiger partial charge in [-0.25, -0.2) is 4.68 Å². The molecule has 0 aliphatic rings. The van der Waals surface area contributed by atoms with E-state index in [0.29, 0.717) is 5.56 Å². The fourth-order valence-corrected chi connectivity index (χ4v) is 2.38. The Morgan fingerprint density at radius 1 is 1.17 bits per heavy atom. The third kappa shape index (κ3) is 1.75. The molecule has 1 aromatic heterocycles. The largest absolute Gasteiger partial charge is 0.298 e. The average Bonchev–Trinajstić information content (AvgIpc) is 2.82. The smallest absolute Gasteiger partial charge is 0.151 e. The van der Waals surface area contributed by atoms with E-state index in [-0.39, 0.29) is 0 Å². The quantitative estimate of drug-likeness (QED) is 0.678. The summed E-state index contributed by atoms with van der Waals surface area (Å²) in [4.78, 5) is 10.8. The lowest BCUT2D eigenvalue weighted by Gasteiger charge is -2.05. The maximum absolute atomic E-state index is 10.8. The van der Waals surface area contributed by atoms with E-state index in [1.165, 1.54) is 0 Å². The summed E-state index contributed by atoms with van der Waals surface area (Å²) >= 11 is 3.38. The summed E-state index contributed by atoms with van der Waals surface area (Å²) < 4.78 is 2.63. The molecular weight excluding hydrogens is 292 g/mol. The van der Waals surface area contributed by atoms with Crippen LogP contribution in [-0.2, 0) is 0 Å². The van der Waals surface area contributed by atoms with Crippen molar-refractivity contribution in [2.75, 3.05) is 0 Å². The predicted molar refractivity (Wildman–Crippen MR) is 74.2 cm³/mol. The standard InChI is InChI=1S/C14H9BrN2O/c15-13-7-12(6-5-11(13)9-18)17-14-4-2-1-3-10(14)8-16-17/h1-9H. The molecule has 0 radical (unpaired) electrons. The number of aromatic nitrogens is 2. The Labute approximate surface area is 112 Å². The lowest BCUT2D eigenvalue weighted by Crippen LogP contribution is -1.96. The fraction of sp³-hybridized carbons (Fsp3) is 0. The first-order valence-corrected chi connectivity index (χ1v) is 6.27. The van der Waals surface area contributed by atoms with Crippen LogP contribution in [0.1, 0.15) is 10.4 Å². The molecule has 0 saturated carbocycles. The highest BCUT2D eigenvalue weighted by Crippen LogP contribution is 2.22. The van der Waals surface area contributed by atoms with Gasteiger partial charge in [0.1, 0.15) is 0 Å². The molecular formula is C14H9BrN2O. The number of rotatable bonds is 2. The van der Waals surface area contributed by atoms with Crippen molar-refractivity contribution < 1.29 is 4.79 Å². The molecule has 0 fully saturated rings. The average molecular weight is 301 g/mol. The van der Waals surface area contributed by atoms with Gasteiger partial charge in [0.2, 0.25) is 0 Å². The van der Waals surface area contributed by atoms with Crippen molar-refractivity contribution in [2.45, 2.75) is 0 Å². The van der Waals surface area contributed by atoms with Gasteiger partial charge in [0.25, 0.3) is 0 Å². The van der Waals surface area contributed by atoms with Crippen molar-refractivity contribution in [2.24, 2.45) is 0 Å². The zero-order chi connectivity index (χ0) is 12.5. The molecule has 0 spiro atoms. The molecule has 0 unspecified atom stereocenters. The first kappa shape index (κ1) is 11.2. The topological polar surface area (TPSA) is 34.9 Å². The monoisotopic (exact) mass is 300 g/mol. The summed E-state index contributed by atoms with van der Waals surface area (Å²) in [5.74, 6) is 0. The highest BCUT2D eigenvalue weighted by molar-refractivity contribution is 9.10. The highest BCUT2D eigenvalue weighted by Gasteiger charge is 2.06. The molecule has 3 aromatic rings. The Hall–Kier alpha value is -1.94. The predicted octanol–water partition coefficient (Wildman–Crippen LogP) is 3.60. The van der Waals surface area contributed by atoms with Crippen LogP contribution in [0, 0.1) is 0 Å². The van der Waals surface area contributed by atoms with Crippen LogP contribution in [0.3, 0.4) is 0 Å². The minimum absolute atomic E-state index is 0.634. The van der Waals surface area contributed by atoms with Gasteiger partial charge in [-0.2, -0.15) is 5.10 Å². The Kier molecular flexibility index (Phi) is 2.72. The van der Waals surface area contributed by atoms with E-state index in [9.17, 15) is 4.79 Å². The highest BCUT2D eigenvalue weighted by atomic mass is 79.9. The first-order valence-electron chi connectivity index (χ1n) is 5.47. The summed E-state index contributed by atoms with van der Waals surface area (Å²) in [5.41, 5.74) is 2.60. The van der Waals surface area contributed by atoms with Crippen molar-refractivity contribution in [3.63, 3.8) is 0 Å². The van der Waals surface area contributed by atoms with E-state index in [0.717, 1.165) is 27.3 Å². The lowest BCUT2D eigenvalue weighted by atomic mass is 10.2. The Morgan fingerprint density at radius 3 is 2.78 bits per heavy atom. The number of carbonyl (C=O) groups is 1. The molecule has 0 N–H and O–H groups in total. The number of hydrogen-bond acceptors (Lipinski definition) is 2. The molecule has 1 heterocycles. The summed E-state index contributed by atoms with van der Waals surface area (Å²) in [5, 5.41) is 5.46. The summed E-state index contributed by atoms with van der Waals surface area (Å²) in [6.07, 6.45) is 2.66. The molecule has 88 valence electrons. The zero-order valence-electron chi connectivity index (χ0n) is 9.38. The number of benzene rings is 2. The molecule has 0 aliphatic carbocycles. The number of para-hydroxylation sites is 1. The number of hydrogen-bond donors (Lipinski definition) is 0. The van der Waals surface area contributed by atoms with Crippen LogP contribution in [0.4, 0.5) is 0 Å². The Morgan fingerprint density at radius 2 is 2.00 bits per heavy atom. The molecule has 4 heteroatoms. The van der Waals surface area contributed by atoms with Crippen molar-refractivity contribution in [1.29, 1.82) is 0 Å². The fourth-order valence-electron chi connectivity index (χ4n) is 1.92. The summed E-state index contributed by atoms with van der Waals surface area (Å²) in [6, 6.07) is 13.6. The zero-order valence-corrected chi connectivity index (χ0v) is 11.0. The van der Waals surface area contributed by atoms with Gasteiger partial charge < -0.3 is 0 Å². The third-order valence-electron chi connectivity index (χ3n) is 2.83. The van der Waals surface area contributed by atoms with Gasteiger partial charge in [-0.3, -0.25) is 4.79 Å². The molecule has 0 amide bonds. The molecule has 0 atom stereocenters. The van der Waals surface area contributed by atoms with E-state index in [1.54, 1.807) is 6.07 Å². The normalized spacial score (nSPS) is 10.7. The van der Waals surface area contributed by atoms with Gasteiger partial charge >= 0.3 is 0 Å². The van der Waals surface area contributed by atoms with Gasteiger partial charge in [0.15, 0.2) is 6.29 Å². The van der Waals surface area contributed by atoms with Crippen LogP contribution in [0.2, 0.25) is 0 Å². The van der Waals surface area contributed by atoms with E-state index in [1.807, 2.05) is 47.3 Å². The molecule has 0 bridgehead atoms. The van der Waals surface area contributed by atoms with Crippen LogP contribution in [0.5, 0.6) is 0 Å². The lowest BCUT2D eigenvalue weighted by molar-refractivity contribution is 0.112. The van der Waals surface area contributed by atoms with Crippen LogP contribution in [0.15, 0.2) is 53.1 Å². The van der Waals surface area contributed by atoms with Crippen molar-refractivity contribution >= 4 is 33.1 Å². The van der Waals surface area contributed by atoms with Crippen LogP contribution >= 0.6 is 15.9 Å². The first-order chi connectivity index (χ1) is 8.79. The van der Waals surface area contributed by atoms with E-state index < -0.39 is 0 Å². The maximum Gasteiger partial charge on any atom is 0.151 e. The molecule has 2 aromatic carbocycles. The molecule has 3 nitrogen and oxygen atoms in total. The second-order valence-electron chi connectivity index (χ2n) is 3.94. The minimum Gasteiger partial charge on any atom is -0.298 e. The van der Waals surface area contributed by atoms with Crippen LogP contribution < -0.4 is 0 Å². The van der Waals surface area contributed by atoms with Crippen LogP contribution in [0.25, 0.3) is 16.6 Å². The van der Waals surface area contributed by atoms with Gasteiger partial charge in [-0.05, 0) is 40.2 Å².